The predicted octanol–water partition coefficient (Wildman–Crippen LogP) is 1.53. The van der Waals surface area contributed by atoms with Crippen molar-refractivity contribution in [3.63, 3.8) is 0 Å². The maximum Gasteiger partial charge on any atom is 0.412 e. The molecule has 0 spiro atoms. The lowest BCUT2D eigenvalue weighted by molar-refractivity contribution is 0.183. The van der Waals surface area contributed by atoms with Gasteiger partial charge in [-0.1, -0.05) is 13.5 Å². The van der Waals surface area contributed by atoms with Gasteiger partial charge in [0, 0.05) is 5.67 Å². The van der Waals surface area contributed by atoms with Crippen LogP contribution in [-0.4, -0.2) is 29.8 Å². The summed E-state index contributed by atoms with van der Waals surface area (Å²) in [5, 5.41) is 2.77. The van der Waals surface area contributed by atoms with E-state index in [2.05, 4.69) is 36.3 Å². The van der Waals surface area contributed by atoms with E-state index in [1.807, 2.05) is 6.92 Å². The summed E-state index contributed by atoms with van der Waals surface area (Å²) in [7, 11) is -2.18. The van der Waals surface area contributed by atoms with Gasteiger partial charge in [-0.05, 0) is 26.1 Å². The quantitative estimate of drug-likeness (QED) is 0.572. The number of nitrogens with one attached hydrogen (secondary N) is 1. The molecule has 0 fully saturated rings. The molecular formula is C9H21NO3Si2. The summed E-state index contributed by atoms with van der Waals surface area (Å²) in [6.07, 6.45) is 1.56. The molecule has 6 heteroatoms. The van der Waals surface area contributed by atoms with Crippen LogP contribution in [0.2, 0.25) is 19.6 Å². The largest absolute Gasteiger partial charge is 0.459 e. The second kappa shape index (κ2) is 6.81. The van der Waals surface area contributed by atoms with Crippen molar-refractivity contribution >= 4 is 24.2 Å². The van der Waals surface area contributed by atoms with Crippen LogP contribution in [0, 0.1) is 0 Å². The van der Waals surface area contributed by atoms with Crippen molar-refractivity contribution in [1.82, 2.24) is 5.32 Å². The molecule has 0 saturated heterocycles. The van der Waals surface area contributed by atoms with E-state index in [1.165, 1.54) is 0 Å². The minimum absolute atomic E-state index is 0.143. The normalized spacial score (nSPS) is 13.9. The third-order valence-corrected chi connectivity index (χ3v) is 7.04. The Labute approximate surface area is 95.1 Å². The molecule has 0 aliphatic rings. The number of carbonyl (C=O) groups is 1. The molecule has 0 aromatic rings. The van der Waals surface area contributed by atoms with Crippen LogP contribution in [-0.2, 0) is 8.85 Å². The number of alkyl carbamates (subject to hydrolysis) is 1. The van der Waals surface area contributed by atoms with Crippen LogP contribution in [0.3, 0.4) is 0 Å². The highest BCUT2D eigenvalue weighted by atomic mass is 28.4. The molecule has 15 heavy (non-hydrogen) atoms. The molecule has 1 N–H and O–H groups in total. The van der Waals surface area contributed by atoms with Crippen LogP contribution in [0.1, 0.15) is 13.3 Å². The van der Waals surface area contributed by atoms with Gasteiger partial charge >= 0.3 is 6.09 Å². The lowest BCUT2D eigenvalue weighted by atomic mass is 10.5. The van der Waals surface area contributed by atoms with Crippen LogP contribution in [0.25, 0.3) is 0 Å². The fourth-order valence-electron chi connectivity index (χ4n) is 0.889. The predicted molar refractivity (Wildman–Crippen MR) is 66.9 cm³/mol. The van der Waals surface area contributed by atoms with Crippen molar-refractivity contribution in [2.75, 3.05) is 0 Å². The van der Waals surface area contributed by atoms with Gasteiger partial charge in [0.15, 0.2) is 18.1 Å². The average molecular weight is 247 g/mol. The van der Waals surface area contributed by atoms with Gasteiger partial charge < -0.3 is 14.2 Å². The monoisotopic (exact) mass is 247 g/mol. The number of ether oxygens (including phenoxy) is 1. The molecule has 1 unspecified atom stereocenters. The van der Waals surface area contributed by atoms with Crippen molar-refractivity contribution in [1.29, 1.82) is 0 Å². The summed E-state index contributed by atoms with van der Waals surface area (Å²) in [5.41, 5.74) is 0.143. The summed E-state index contributed by atoms with van der Waals surface area (Å²) in [4.78, 5) is 11.1. The molecule has 0 aliphatic heterocycles. The molecule has 0 aromatic carbocycles. The topological polar surface area (TPSA) is 47.6 Å². The van der Waals surface area contributed by atoms with Crippen molar-refractivity contribution in [3.05, 3.63) is 12.8 Å². The maximum atomic E-state index is 11.1. The highest BCUT2D eigenvalue weighted by Crippen LogP contribution is 2.03. The summed E-state index contributed by atoms with van der Waals surface area (Å²) in [5.74, 6) is 0. The smallest absolute Gasteiger partial charge is 0.412 e. The molecular weight excluding hydrogens is 226 g/mol. The van der Waals surface area contributed by atoms with E-state index in [4.69, 9.17) is 4.12 Å². The van der Waals surface area contributed by atoms with Crippen molar-refractivity contribution < 1.29 is 13.6 Å². The van der Waals surface area contributed by atoms with Crippen LogP contribution in [0.4, 0.5) is 4.79 Å². The highest BCUT2D eigenvalue weighted by Gasteiger charge is 2.18. The Bertz CT molecular complexity index is 216. The fraction of sp³-hybridized carbons (Fsp3) is 0.667. The molecule has 0 heterocycles. The molecule has 0 aromatic heterocycles. The van der Waals surface area contributed by atoms with Gasteiger partial charge in [0.1, 0.15) is 0 Å². The van der Waals surface area contributed by atoms with Gasteiger partial charge in [-0.15, -0.1) is 0 Å². The molecule has 0 radical (unpaired) electrons. The average Bonchev–Trinajstić information content (AvgIpc) is 2.11. The van der Waals surface area contributed by atoms with Gasteiger partial charge in [-0.25, -0.2) is 4.79 Å². The molecule has 1 amide bonds. The third-order valence-electron chi connectivity index (χ3n) is 1.72. The Morgan fingerprint density at radius 3 is 2.60 bits per heavy atom. The van der Waals surface area contributed by atoms with E-state index in [9.17, 15) is 4.79 Å². The highest BCUT2D eigenvalue weighted by molar-refractivity contribution is 6.74. The summed E-state index contributed by atoms with van der Waals surface area (Å²) >= 11 is 0. The molecule has 88 valence electrons. The summed E-state index contributed by atoms with van der Waals surface area (Å²) in [6.45, 7) is 11.8. The van der Waals surface area contributed by atoms with Crippen molar-refractivity contribution in [2.24, 2.45) is 0 Å². The van der Waals surface area contributed by atoms with Crippen LogP contribution in [0.15, 0.2) is 12.8 Å². The molecule has 4 nitrogen and oxygen atoms in total. The van der Waals surface area contributed by atoms with E-state index in [0.717, 1.165) is 12.7 Å². The number of hydrogen-bond donors (Lipinski definition) is 1. The molecule has 0 aliphatic carbocycles. The Hall–Kier alpha value is -0.596. The van der Waals surface area contributed by atoms with Gasteiger partial charge in [0.2, 0.25) is 0 Å². The maximum absolute atomic E-state index is 11.1. The molecule has 0 saturated carbocycles. The first-order valence-corrected chi connectivity index (χ1v) is 9.91. The second-order valence-corrected chi connectivity index (χ2v) is 10.9. The minimum atomic E-state index is -1.46. The first-order valence-electron chi connectivity index (χ1n) is 5.11. The SMILES string of the molecule is C=COC(=O)NC(CC)[SiH2]O[Si](C)(C)C. The summed E-state index contributed by atoms with van der Waals surface area (Å²) < 4.78 is 10.4. The molecule has 0 rings (SSSR count). The fourth-order valence-corrected chi connectivity index (χ4v) is 4.18. The van der Waals surface area contributed by atoms with Crippen LogP contribution >= 0.6 is 0 Å². The number of rotatable bonds is 6. The van der Waals surface area contributed by atoms with Crippen LogP contribution in [0.5, 0.6) is 0 Å². The number of hydrogen-bond acceptors (Lipinski definition) is 3. The minimum Gasteiger partial charge on any atom is -0.459 e. The van der Waals surface area contributed by atoms with Gasteiger partial charge in [-0.2, -0.15) is 0 Å². The van der Waals surface area contributed by atoms with Crippen molar-refractivity contribution in [2.45, 2.75) is 38.7 Å². The first-order chi connectivity index (χ1) is 6.89. The van der Waals surface area contributed by atoms with E-state index in [1.54, 1.807) is 0 Å². The Kier molecular flexibility index (Phi) is 6.54. The zero-order valence-electron chi connectivity index (χ0n) is 10.0. The van der Waals surface area contributed by atoms with E-state index < -0.39 is 24.2 Å². The zero-order chi connectivity index (χ0) is 11.9. The second-order valence-electron chi connectivity index (χ2n) is 4.24. The van der Waals surface area contributed by atoms with E-state index in [-0.39, 0.29) is 5.67 Å². The van der Waals surface area contributed by atoms with E-state index >= 15 is 0 Å². The lowest BCUT2D eigenvalue weighted by Gasteiger charge is -2.22. The standard InChI is InChI=1S/C9H21NO3Si2/c1-6-8(10-9(11)12-7-2)14-13-15(3,4)5/h7-8H,2,6,14H2,1,3-5H3,(H,10,11). The molecule has 1 atom stereocenters. The van der Waals surface area contributed by atoms with Gasteiger partial charge in [-0.3, -0.25) is 0 Å². The van der Waals surface area contributed by atoms with E-state index in [0.29, 0.717) is 0 Å². The summed E-state index contributed by atoms with van der Waals surface area (Å²) in [6, 6.07) is 0. The van der Waals surface area contributed by atoms with Gasteiger partial charge in [0.25, 0.3) is 0 Å². The molecule has 0 bridgehead atoms. The Morgan fingerprint density at radius 2 is 2.20 bits per heavy atom. The lowest BCUT2D eigenvalue weighted by Crippen LogP contribution is -2.43. The van der Waals surface area contributed by atoms with Gasteiger partial charge in [0.05, 0.1) is 6.26 Å². The Morgan fingerprint density at radius 1 is 1.60 bits per heavy atom. The number of carbonyl (C=O) groups excluding carboxylic acids is 1. The Balaban J connectivity index is 3.92. The number of amides is 1. The van der Waals surface area contributed by atoms with Crippen LogP contribution < -0.4 is 5.32 Å². The first kappa shape index (κ1) is 14.4. The third kappa shape index (κ3) is 8.40. The zero-order valence-corrected chi connectivity index (χ0v) is 12.4. The van der Waals surface area contributed by atoms with Crippen molar-refractivity contribution in [3.8, 4) is 0 Å².